The number of ether oxygens (including phenoxy) is 1. The molecule has 0 aromatic carbocycles. The van der Waals surface area contributed by atoms with E-state index in [2.05, 4.69) is 0 Å². The van der Waals surface area contributed by atoms with E-state index in [1.165, 1.54) is 0 Å². The molecule has 1 aliphatic rings. The van der Waals surface area contributed by atoms with Crippen molar-refractivity contribution in [3.8, 4) is 0 Å². The molecule has 0 amide bonds. The Morgan fingerprint density at radius 1 is 1.38 bits per heavy atom. The summed E-state index contributed by atoms with van der Waals surface area (Å²) >= 11 is 0. The Morgan fingerprint density at radius 2 is 2.00 bits per heavy atom. The predicted molar refractivity (Wildman–Crippen MR) is 58.9 cm³/mol. The van der Waals surface area contributed by atoms with Crippen LogP contribution in [-0.4, -0.2) is 23.1 Å². The lowest BCUT2D eigenvalue weighted by molar-refractivity contribution is -0.160. The predicted octanol–water partition coefficient (Wildman–Crippen LogP) is 2.22. The van der Waals surface area contributed by atoms with Crippen molar-refractivity contribution in [2.24, 2.45) is 11.3 Å². The van der Waals surface area contributed by atoms with E-state index in [0.29, 0.717) is 19.3 Å². The minimum atomic E-state index is -0.784. The van der Waals surface area contributed by atoms with E-state index in [0.717, 1.165) is 6.42 Å². The zero-order chi connectivity index (χ0) is 12.3. The van der Waals surface area contributed by atoms with Crippen molar-refractivity contribution in [3.05, 3.63) is 0 Å². The van der Waals surface area contributed by atoms with Gasteiger partial charge in [0.15, 0.2) is 0 Å². The Balaban J connectivity index is 2.46. The molecular formula is C12H20O4. The summed E-state index contributed by atoms with van der Waals surface area (Å²) in [6.07, 6.45) is 2.25. The highest BCUT2D eigenvalue weighted by Gasteiger charge is 2.35. The van der Waals surface area contributed by atoms with Gasteiger partial charge in [-0.05, 0) is 39.5 Å². The molecule has 0 aliphatic heterocycles. The monoisotopic (exact) mass is 228 g/mol. The fourth-order valence-corrected chi connectivity index (χ4v) is 1.73. The van der Waals surface area contributed by atoms with Crippen molar-refractivity contribution in [2.75, 3.05) is 0 Å². The molecule has 0 spiro atoms. The first-order chi connectivity index (χ1) is 7.36. The maximum Gasteiger partial charge on any atom is 0.311 e. The van der Waals surface area contributed by atoms with E-state index >= 15 is 0 Å². The quantitative estimate of drug-likeness (QED) is 0.749. The van der Waals surface area contributed by atoms with Gasteiger partial charge in [-0.3, -0.25) is 9.59 Å². The number of hydrogen-bond donors (Lipinski definition) is 1. The van der Waals surface area contributed by atoms with Crippen LogP contribution in [0.4, 0.5) is 0 Å². The Morgan fingerprint density at radius 3 is 2.44 bits per heavy atom. The van der Waals surface area contributed by atoms with Crippen LogP contribution in [0, 0.1) is 11.3 Å². The number of aliphatic carboxylic acids is 1. The number of hydrogen-bond acceptors (Lipinski definition) is 3. The zero-order valence-corrected chi connectivity index (χ0v) is 10.2. The molecule has 0 saturated heterocycles. The topological polar surface area (TPSA) is 63.6 Å². The third kappa shape index (κ3) is 2.97. The Labute approximate surface area is 96.0 Å². The third-order valence-electron chi connectivity index (χ3n) is 3.44. The fourth-order valence-electron chi connectivity index (χ4n) is 1.73. The Kier molecular flexibility index (Phi) is 3.94. The van der Waals surface area contributed by atoms with Crippen molar-refractivity contribution in [1.29, 1.82) is 0 Å². The second-order valence-corrected chi connectivity index (χ2v) is 5.11. The first kappa shape index (κ1) is 13.0. The second-order valence-electron chi connectivity index (χ2n) is 5.11. The van der Waals surface area contributed by atoms with Gasteiger partial charge in [-0.15, -0.1) is 0 Å². The lowest BCUT2D eigenvalue weighted by Gasteiger charge is -2.23. The summed E-state index contributed by atoms with van der Waals surface area (Å²) in [5.41, 5.74) is -0.471. The normalized spacial score (nSPS) is 25.4. The van der Waals surface area contributed by atoms with Crippen molar-refractivity contribution in [3.63, 3.8) is 0 Å². The van der Waals surface area contributed by atoms with Gasteiger partial charge in [-0.25, -0.2) is 0 Å². The summed E-state index contributed by atoms with van der Waals surface area (Å²) in [5, 5.41) is 8.83. The SMILES string of the molecule is CCC(C)(C)C(=O)OC1CCC(C(=O)O)C1. The molecule has 1 saturated carbocycles. The van der Waals surface area contributed by atoms with Crippen LogP contribution in [0.2, 0.25) is 0 Å². The van der Waals surface area contributed by atoms with Crippen LogP contribution in [-0.2, 0) is 14.3 Å². The molecule has 0 aromatic heterocycles. The number of carboxylic acids is 1. The van der Waals surface area contributed by atoms with Crippen LogP contribution in [0.25, 0.3) is 0 Å². The van der Waals surface area contributed by atoms with Gasteiger partial charge >= 0.3 is 11.9 Å². The summed E-state index contributed by atoms with van der Waals surface area (Å²) < 4.78 is 5.35. The van der Waals surface area contributed by atoms with E-state index in [9.17, 15) is 9.59 Å². The summed E-state index contributed by atoms with van der Waals surface area (Å²) in [5.74, 6) is -1.35. The molecule has 0 aromatic rings. The van der Waals surface area contributed by atoms with Crippen LogP contribution in [0.1, 0.15) is 46.5 Å². The maximum atomic E-state index is 11.8. The minimum absolute atomic E-state index is 0.209. The van der Waals surface area contributed by atoms with Crippen molar-refractivity contribution < 1.29 is 19.4 Å². The van der Waals surface area contributed by atoms with Crippen LogP contribution in [0.5, 0.6) is 0 Å². The van der Waals surface area contributed by atoms with Gasteiger partial charge in [0.1, 0.15) is 6.10 Å². The minimum Gasteiger partial charge on any atom is -0.481 e. The number of rotatable bonds is 4. The van der Waals surface area contributed by atoms with Crippen molar-refractivity contribution in [2.45, 2.75) is 52.6 Å². The van der Waals surface area contributed by atoms with E-state index in [1.54, 1.807) is 0 Å². The largest absolute Gasteiger partial charge is 0.481 e. The lowest BCUT2D eigenvalue weighted by Crippen LogP contribution is -2.29. The standard InChI is InChI=1S/C12H20O4/c1-4-12(2,3)11(15)16-9-6-5-8(7-9)10(13)14/h8-9H,4-7H2,1-3H3,(H,13,14). The second kappa shape index (κ2) is 4.85. The Hall–Kier alpha value is -1.06. The van der Waals surface area contributed by atoms with Crippen molar-refractivity contribution in [1.82, 2.24) is 0 Å². The number of carbonyl (C=O) groups is 2. The summed E-state index contributed by atoms with van der Waals surface area (Å²) in [7, 11) is 0. The zero-order valence-electron chi connectivity index (χ0n) is 10.2. The van der Waals surface area contributed by atoms with E-state index < -0.39 is 11.4 Å². The molecule has 0 radical (unpaired) electrons. The first-order valence-corrected chi connectivity index (χ1v) is 5.80. The molecule has 0 heterocycles. The highest BCUT2D eigenvalue weighted by atomic mass is 16.5. The highest BCUT2D eigenvalue weighted by molar-refractivity contribution is 5.76. The molecule has 4 heteroatoms. The van der Waals surface area contributed by atoms with Gasteiger partial charge in [0.2, 0.25) is 0 Å². The molecule has 2 atom stereocenters. The molecule has 1 N–H and O–H groups in total. The molecular weight excluding hydrogens is 208 g/mol. The van der Waals surface area contributed by atoms with Crippen LogP contribution >= 0.6 is 0 Å². The highest BCUT2D eigenvalue weighted by Crippen LogP contribution is 2.31. The molecule has 2 unspecified atom stereocenters. The fraction of sp³-hybridized carbons (Fsp3) is 0.833. The van der Waals surface area contributed by atoms with E-state index in [1.807, 2.05) is 20.8 Å². The van der Waals surface area contributed by atoms with E-state index in [-0.39, 0.29) is 18.0 Å². The van der Waals surface area contributed by atoms with Gasteiger partial charge in [0.05, 0.1) is 11.3 Å². The molecule has 1 rings (SSSR count). The summed E-state index contributed by atoms with van der Waals surface area (Å²) in [6, 6.07) is 0. The molecule has 4 nitrogen and oxygen atoms in total. The summed E-state index contributed by atoms with van der Waals surface area (Å²) in [4.78, 5) is 22.5. The molecule has 16 heavy (non-hydrogen) atoms. The molecule has 92 valence electrons. The number of esters is 1. The molecule has 0 bridgehead atoms. The summed E-state index contributed by atoms with van der Waals surface area (Å²) in [6.45, 7) is 5.63. The van der Waals surface area contributed by atoms with Gasteiger partial charge in [0, 0.05) is 0 Å². The molecule has 1 fully saturated rings. The Bertz CT molecular complexity index is 283. The van der Waals surface area contributed by atoms with Gasteiger partial charge in [0.25, 0.3) is 0 Å². The average molecular weight is 228 g/mol. The number of carboxylic acid groups (broad SMARTS) is 1. The maximum absolute atomic E-state index is 11.8. The van der Waals surface area contributed by atoms with Crippen LogP contribution < -0.4 is 0 Å². The average Bonchev–Trinajstić information content (AvgIpc) is 2.66. The third-order valence-corrected chi connectivity index (χ3v) is 3.44. The lowest BCUT2D eigenvalue weighted by atomic mass is 9.90. The van der Waals surface area contributed by atoms with Crippen LogP contribution in [0.3, 0.4) is 0 Å². The van der Waals surface area contributed by atoms with Gasteiger partial charge in [-0.1, -0.05) is 6.92 Å². The van der Waals surface area contributed by atoms with Crippen molar-refractivity contribution >= 4 is 11.9 Å². The first-order valence-electron chi connectivity index (χ1n) is 5.80. The van der Waals surface area contributed by atoms with Gasteiger partial charge in [-0.2, -0.15) is 0 Å². The van der Waals surface area contributed by atoms with Crippen LogP contribution in [0.15, 0.2) is 0 Å². The van der Waals surface area contributed by atoms with Gasteiger partial charge < -0.3 is 9.84 Å². The van der Waals surface area contributed by atoms with E-state index in [4.69, 9.17) is 9.84 Å². The molecule has 1 aliphatic carbocycles. The smallest absolute Gasteiger partial charge is 0.311 e. The number of carbonyl (C=O) groups excluding carboxylic acids is 1.